The van der Waals surface area contributed by atoms with E-state index in [2.05, 4.69) is 20.9 Å². The van der Waals surface area contributed by atoms with Crippen LogP contribution in [0.15, 0.2) is 36.5 Å². The zero-order valence-corrected chi connectivity index (χ0v) is 16.7. The van der Waals surface area contributed by atoms with Gasteiger partial charge in [-0.15, -0.1) is 0 Å². The first-order chi connectivity index (χ1) is 13.5. The van der Waals surface area contributed by atoms with Gasteiger partial charge in [0.2, 0.25) is 0 Å². The maximum Gasteiger partial charge on any atom is 0.270 e. The number of nitrogens with zero attached hydrogens (tertiary/aromatic N) is 3. The van der Waals surface area contributed by atoms with Crippen LogP contribution in [0.25, 0.3) is 0 Å². The molecule has 1 aromatic heterocycles. The Morgan fingerprint density at radius 1 is 1.25 bits per heavy atom. The van der Waals surface area contributed by atoms with E-state index in [-0.39, 0.29) is 28.2 Å². The fraction of sp³-hybridized carbons (Fsp3) is 0.450. The molecule has 3 rings (SSSR count). The fourth-order valence-electron chi connectivity index (χ4n) is 3.73. The van der Waals surface area contributed by atoms with Gasteiger partial charge >= 0.3 is 0 Å². The van der Waals surface area contributed by atoms with Crippen LogP contribution in [-0.4, -0.2) is 39.9 Å². The minimum Gasteiger partial charge on any atom is -0.353 e. The van der Waals surface area contributed by atoms with E-state index in [9.17, 15) is 14.9 Å². The molecule has 150 valence electrons. The molecule has 8 heteroatoms. The van der Waals surface area contributed by atoms with Gasteiger partial charge in [0, 0.05) is 37.6 Å². The highest BCUT2D eigenvalue weighted by Crippen LogP contribution is 2.25. The summed E-state index contributed by atoms with van der Waals surface area (Å²) in [6, 6.07) is 8.07. The first-order valence-electron chi connectivity index (χ1n) is 9.55. The number of likely N-dealkylation sites (tertiary alicyclic amines) is 1. The maximum atomic E-state index is 12.7. The molecule has 1 amide bonds. The lowest BCUT2D eigenvalue weighted by atomic mass is 10.1. The fourth-order valence-corrected chi connectivity index (χ4v) is 3.99. The third-order valence-corrected chi connectivity index (χ3v) is 5.58. The average molecular weight is 405 g/mol. The largest absolute Gasteiger partial charge is 0.353 e. The van der Waals surface area contributed by atoms with Crippen molar-refractivity contribution in [2.45, 2.75) is 31.7 Å². The first-order valence-corrected chi connectivity index (χ1v) is 9.92. The van der Waals surface area contributed by atoms with E-state index in [1.807, 2.05) is 19.3 Å². The van der Waals surface area contributed by atoms with Crippen LogP contribution in [-0.2, 0) is 7.05 Å². The molecule has 1 aromatic carbocycles. The van der Waals surface area contributed by atoms with E-state index in [0.717, 1.165) is 31.6 Å². The van der Waals surface area contributed by atoms with Gasteiger partial charge in [0.05, 0.1) is 21.6 Å². The number of carbonyl (C=O) groups is 1. The van der Waals surface area contributed by atoms with Crippen molar-refractivity contribution < 1.29 is 9.72 Å². The zero-order valence-electron chi connectivity index (χ0n) is 15.9. The molecule has 1 unspecified atom stereocenters. The van der Waals surface area contributed by atoms with E-state index in [0.29, 0.717) is 6.54 Å². The molecule has 1 aliphatic heterocycles. The number of hydrogen-bond acceptors (Lipinski definition) is 4. The third-order valence-electron chi connectivity index (χ3n) is 5.27. The van der Waals surface area contributed by atoms with Gasteiger partial charge in [0.15, 0.2) is 0 Å². The number of non-ortho nitro benzene ring substituents is 1. The summed E-state index contributed by atoms with van der Waals surface area (Å²) in [5.41, 5.74) is 1.26. The van der Waals surface area contributed by atoms with Crippen LogP contribution in [0.5, 0.6) is 0 Å². The number of nitro groups is 1. The Kier molecular flexibility index (Phi) is 6.70. The van der Waals surface area contributed by atoms with Crippen molar-refractivity contribution in [3.63, 3.8) is 0 Å². The van der Waals surface area contributed by atoms with E-state index in [4.69, 9.17) is 11.6 Å². The van der Waals surface area contributed by atoms with Gasteiger partial charge in [0.1, 0.15) is 0 Å². The Morgan fingerprint density at radius 2 is 1.96 bits per heavy atom. The van der Waals surface area contributed by atoms with Crippen molar-refractivity contribution in [1.29, 1.82) is 0 Å². The van der Waals surface area contributed by atoms with Crippen molar-refractivity contribution in [2.75, 3.05) is 19.6 Å². The number of aryl methyl sites for hydroxylation is 1. The standard InChI is InChI=1S/C20H25ClN4O3/c1-23-10-6-7-18(23)19(24-11-4-2-3-5-12-24)14-22-20(26)16-9-8-15(25(27)28)13-17(16)21/h6-10,13,19H,2-5,11-12,14H2,1H3,(H,22,26). The molecule has 7 nitrogen and oxygen atoms in total. The third kappa shape index (κ3) is 4.72. The number of nitrogens with one attached hydrogen (secondary N) is 1. The van der Waals surface area contributed by atoms with E-state index >= 15 is 0 Å². The van der Waals surface area contributed by atoms with Gasteiger partial charge in [-0.3, -0.25) is 19.8 Å². The zero-order chi connectivity index (χ0) is 20.1. The molecule has 2 aromatic rings. The van der Waals surface area contributed by atoms with Crippen LogP contribution < -0.4 is 5.32 Å². The second-order valence-corrected chi connectivity index (χ2v) is 7.55. The SMILES string of the molecule is Cn1cccc1C(CNC(=O)c1ccc([N+](=O)[O-])cc1Cl)N1CCCCCC1. The lowest BCUT2D eigenvalue weighted by Crippen LogP contribution is -2.39. The monoisotopic (exact) mass is 404 g/mol. The van der Waals surface area contributed by atoms with E-state index < -0.39 is 4.92 Å². The average Bonchev–Trinajstić information content (AvgIpc) is 2.92. The Bertz CT molecular complexity index is 844. The summed E-state index contributed by atoms with van der Waals surface area (Å²) in [7, 11) is 2.01. The smallest absolute Gasteiger partial charge is 0.270 e. The second kappa shape index (κ2) is 9.21. The normalized spacial score (nSPS) is 16.4. The summed E-state index contributed by atoms with van der Waals surface area (Å²) in [6.07, 6.45) is 6.80. The summed E-state index contributed by atoms with van der Waals surface area (Å²) in [6.45, 7) is 2.46. The lowest BCUT2D eigenvalue weighted by molar-refractivity contribution is -0.384. The summed E-state index contributed by atoms with van der Waals surface area (Å²) >= 11 is 6.10. The van der Waals surface area contributed by atoms with Crippen molar-refractivity contribution in [3.8, 4) is 0 Å². The highest BCUT2D eigenvalue weighted by Gasteiger charge is 2.24. The Morgan fingerprint density at radius 3 is 2.54 bits per heavy atom. The number of nitro benzene ring substituents is 1. The molecule has 0 spiro atoms. The first kappa shape index (κ1) is 20.4. The van der Waals surface area contributed by atoms with Crippen molar-refractivity contribution >= 4 is 23.2 Å². The number of halogens is 1. The van der Waals surface area contributed by atoms with Gasteiger partial charge in [-0.1, -0.05) is 24.4 Å². The predicted octanol–water partition coefficient (Wildman–Crippen LogP) is 3.93. The highest BCUT2D eigenvalue weighted by atomic mass is 35.5. The topological polar surface area (TPSA) is 80.4 Å². The van der Waals surface area contributed by atoms with Crippen molar-refractivity contribution in [3.05, 3.63) is 62.9 Å². The molecule has 2 heterocycles. The Labute approximate surface area is 169 Å². The van der Waals surface area contributed by atoms with Crippen LogP contribution >= 0.6 is 11.6 Å². The number of carbonyl (C=O) groups excluding carboxylic acids is 1. The van der Waals surface area contributed by atoms with Gasteiger partial charge in [-0.25, -0.2) is 0 Å². The molecule has 1 atom stereocenters. The molecular formula is C20H25ClN4O3. The molecule has 1 aliphatic rings. The minimum atomic E-state index is -0.529. The molecular weight excluding hydrogens is 380 g/mol. The van der Waals surface area contributed by atoms with Crippen LogP contribution in [0.2, 0.25) is 5.02 Å². The number of amides is 1. The van der Waals surface area contributed by atoms with E-state index in [1.54, 1.807) is 0 Å². The van der Waals surface area contributed by atoms with Gasteiger partial charge in [-0.05, 0) is 44.1 Å². The molecule has 0 bridgehead atoms. The summed E-state index contributed by atoms with van der Waals surface area (Å²) in [5.74, 6) is -0.325. The molecule has 28 heavy (non-hydrogen) atoms. The second-order valence-electron chi connectivity index (χ2n) is 7.14. The molecule has 0 aliphatic carbocycles. The van der Waals surface area contributed by atoms with Gasteiger partial charge in [-0.2, -0.15) is 0 Å². The maximum absolute atomic E-state index is 12.7. The van der Waals surface area contributed by atoms with Gasteiger partial charge < -0.3 is 9.88 Å². The number of aromatic nitrogens is 1. The van der Waals surface area contributed by atoms with Crippen LogP contribution in [0, 0.1) is 10.1 Å². The summed E-state index contributed by atoms with van der Waals surface area (Å²) < 4.78 is 2.08. The van der Waals surface area contributed by atoms with E-state index in [1.165, 1.54) is 31.0 Å². The van der Waals surface area contributed by atoms with Gasteiger partial charge in [0.25, 0.3) is 11.6 Å². The number of rotatable bonds is 6. The lowest BCUT2D eigenvalue weighted by Gasteiger charge is -2.31. The van der Waals surface area contributed by atoms with Crippen LogP contribution in [0.1, 0.15) is 47.8 Å². The van der Waals surface area contributed by atoms with Crippen LogP contribution in [0.4, 0.5) is 5.69 Å². The molecule has 1 saturated heterocycles. The quantitative estimate of drug-likeness (QED) is 0.584. The molecule has 1 N–H and O–H groups in total. The Balaban J connectivity index is 1.75. The van der Waals surface area contributed by atoms with Crippen molar-refractivity contribution in [2.24, 2.45) is 7.05 Å². The molecule has 0 saturated carbocycles. The highest BCUT2D eigenvalue weighted by molar-refractivity contribution is 6.34. The van der Waals surface area contributed by atoms with Crippen LogP contribution in [0.3, 0.4) is 0 Å². The van der Waals surface area contributed by atoms with Crippen molar-refractivity contribution in [1.82, 2.24) is 14.8 Å². The summed E-state index contributed by atoms with van der Waals surface area (Å²) in [5, 5.41) is 13.9. The minimum absolute atomic E-state index is 0.0684. The number of hydrogen-bond donors (Lipinski definition) is 1. The number of benzene rings is 1. The Hall–Kier alpha value is -2.38. The predicted molar refractivity (Wildman–Crippen MR) is 109 cm³/mol. The summed E-state index contributed by atoms with van der Waals surface area (Å²) in [4.78, 5) is 25.4. The molecule has 0 radical (unpaired) electrons. The molecule has 1 fully saturated rings.